The summed E-state index contributed by atoms with van der Waals surface area (Å²) in [5, 5.41) is 17.8. The fraction of sp³-hybridized carbons (Fsp3) is 0.333. The Morgan fingerprint density at radius 3 is 2.69 bits per heavy atom. The first-order valence-electron chi connectivity index (χ1n) is 3.90. The van der Waals surface area contributed by atoms with E-state index in [1.807, 2.05) is 0 Å². The summed E-state index contributed by atoms with van der Waals surface area (Å²) in [6.07, 6.45) is 4.85. The molecule has 1 radical (unpaired) electrons. The molecule has 1 rings (SSSR count). The first kappa shape index (κ1) is 9.51. The van der Waals surface area contributed by atoms with Gasteiger partial charge >= 0.3 is 0 Å². The molecule has 0 aromatic rings. The average Bonchev–Trinajstić information content (AvgIpc) is 2.03. The van der Waals surface area contributed by atoms with E-state index in [2.05, 4.69) is 0 Å². The summed E-state index contributed by atoms with van der Waals surface area (Å²) < 4.78 is 0. The second kappa shape index (κ2) is 3.43. The lowest BCUT2D eigenvalue weighted by atomic mass is 9.94. The van der Waals surface area contributed by atoms with Crippen molar-refractivity contribution in [1.29, 1.82) is 5.41 Å². The van der Waals surface area contributed by atoms with Crippen LogP contribution in [0.5, 0.6) is 0 Å². The predicted molar refractivity (Wildman–Crippen MR) is 47.6 cm³/mol. The molecule has 13 heavy (non-hydrogen) atoms. The molecule has 4 heteroatoms. The molecule has 0 aliphatic carbocycles. The highest BCUT2D eigenvalue weighted by Crippen LogP contribution is 2.19. The van der Waals surface area contributed by atoms with Gasteiger partial charge in [-0.2, -0.15) is 0 Å². The van der Waals surface area contributed by atoms with Crippen LogP contribution in [-0.4, -0.2) is 23.6 Å². The predicted octanol–water partition coefficient (Wildman–Crippen LogP) is 0.942. The summed E-state index contributed by atoms with van der Waals surface area (Å²) in [7, 11) is 1.75. The van der Waals surface area contributed by atoms with Crippen molar-refractivity contribution in [2.75, 3.05) is 7.05 Å². The second-order valence-electron chi connectivity index (χ2n) is 3.01. The summed E-state index contributed by atoms with van der Waals surface area (Å²) in [6.45, 7) is 1.41. The van der Waals surface area contributed by atoms with Crippen molar-refractivity contribution >= 4 is 11.7 Å². The van der Waals surface area contributed by atoms with E-state index < -0.39 is 11.8 Å². The van der Waals surface area contributed by atoms with E-state index in [-0.39, 0.29) is 11.4 Å². The molecular formula is C9H11N2O2. The third-order valence-corrected chi connectivity index (χ3v) is 1.89. The van der Waals surface area contributed by atoms with E-state index >= 15 is 0 Å². The summed E-state index contributed by atoms with van der Waals surface area (Å²) in [5.74, 6) is -1.45. The summed E-state index contributed by atoms with van der Waals surface area (Å²) in [5.41, 5.74) is 0.234. The Kier molecular flexibility index (Phi) is 2.51. The minimum atomic E-state index is -0.795. The van der Waals surface area contributed by atoms with E-state index in [4.69, 9.17) is 5.41 Å². The molecule has 1 aliphatic heterocycles. The first-order valence-corrected chi connectivity index (χ1v) is 3.90. The van der Waals surface area contributed by atoms with Gasteiger partial charge in [0.05, 0.1) is 5.92 Å². The van der Waals surface area contributed by atoms with Crippen LogP contribution in [0.1, 0.15) is 6.92 Å². The van der Waals surface area contributed by atoms with Gasteiger partial charge in [0.15, 0.2) is 0 Å². The lowest BCUT2D eigenvalue weighted by Crippen LogP contribution is -2.23. The SMILES string of the molecule is CC(=O)C1C=CN(C)C=C1C(=N)[O]. The van der Waals surface area contributed by atoms with E-state index in [1.165, 1.54) is 13.1 Å². The van der Waals surface area contributed by atoms with Crippen LogP contribution in [0, 0.1) is 11.3 Å². The van der Waals surface area contributed by atoms with Crippen molar-refractivity contribution in [2.24, 2.45) is 5.92 Å². The molecule has 1 heterocycles. The van der Waals surface area contributed by atoms with Crippen LogP contribution in [0.25, 0.3) is 0 Å². The van der Waals surface area contributed by atoms with Gasteiger partial charge < -0.3 is 4.90 Å². The molecule has 1 aliphatic rings. The maximum atomic E-state index is 11.1. The maximum absolute atomic E-state index is 11.1. The zero-order valence-corrected chi connectivity index (χ0v) is 7.57. The summed E-state index contributed by atoms with van der Waals surface area (Å²) >= 11 is 0. The molecule has 0 bridgehead atoms. The molecule has 0 spiro atoms. The molecule has 0 saturated heterocycles. The number of rotatable bonds is 2. The molecule has 0 fully saturated rings. The number of Topliss-reactive ketones (excluding diaryl/α,β-unsaturated/α-hetero) is 1. The Morgan fingerprint density at radius 1 is 1.62 bits per heavy atom. The van der Waals surface area contributed by atoms with Crippen molar-refractivity contribution in [3.63, 3.8) is 0 Å². The summed E-state index contributed by atoms with van der Waals surface area (Å²) in [6, 6.07) is 0. The van der Waals surface area contributed by atoms with Gasteiger partial charge in [0.1, 0.15) is 5.78 Å². The van der Waals surface area contributed by atoms with Crippen molar-refractivity contribution in [3.8, 4) is 0 Å². The molecular weight excluding hydrogens is 168 g/mol. The molecule has 4 nitrogen and oxygen atoms in total. The van der Waals surface area contributed by atoms with Gasteiger partial charge in [0, 0.05) is 25.0 Å². The molecule has 1 atom stereocenters. The van der Waals surface area contributed by atoms with E-state index in [0.29, 0.717) is 0 Å². The lowest BCUT2D eigenvalue weighted by molar-refractivity contribution is -0.118. The number of ketones is 1. The van der Waals surface area contributed by atoms with Crippen molar-refractivity contribution in [3.05, 3.63) is 24.0 Å². The van der Waals surface area contributed by atoms with Gasteiger partial charge in [-0.15, -0.1) is 0 Å². The van der Waals surface area contributed by atoms with Gasteiger partial charge in [0.25, 0.3) is 5.90 Å². The minimum Gasteiger partial charge on any atom is -0.357 e. The fourth-order valence-corrected chi connectivity index (χ4v) is 1.22. The normalized spacial score (nSPS) is 21.2. The molecule has 0 aromatic carbocycles. The molecule has 0 amide bonds. The third-order valence-electron chi connectivity index (χ3n) is 1.89. The zero-order valence-electron chi connectivity index (χ0n) is 7.57. The molecule has 1 N–H and O–H groups in total. The van der Waals surface area contributed by atoms with Crippen LogP contribution in [0.2, 0.25) is 0 Å². The van der Waals surface area contributed by atoms with Crippen LogP contribution in [-0.2, 0) is 9.90 Å². The Balaban J connectivity index is 2.98. The number of carbonyl (C=O) groups is 1. The van der Waals surface area contributed by atoms with E-state index in [9.17, 15) is 9.90 Å². The molecule has 1 unspecified atom stereocenters. The van der Waals surface area contributed by atoms with Crippen LogP contribution >= 0.6 is 0 Å². The van der Waals surface area contributed by atoms with Crippen LogP contribution in [0.4, 0.5) is 0 Å². The topological polar surface area (TPSA) is 64.1 Å². The highest BCUT2D eigenvalue weighted by atomic mass is 16.3. The zero-order chi connectivity index (χ0) is 10.0. The average molecular weight is 179 g/mol. The molecule has 69 valence electrons. The van der Waals surface area contributed by atoms with Crippen molar-refractivity contribution in [1.82, 2.24) is 4.90 Å². The van der Waals surface area contributed by atoms with E-state index in [1.54, 1.807) is 24.2 Å². The van der Waals surface area contributed by atoms with Gasteiger partial charge in [-0.3, -0.25) is 15.3 Å². The minimum absolute atomic E-state index is 0.115. The maximum Gasteiger partial charge on any atom is 0.268 e. The largest absolute Gasteiger partial charge is 0.357 e. The third kappa shape index (κ3) is 1.96. The Hall–Kier alpha value is -1.58. The first-order chi connectivity index (χ1) is 6.02. The highest BCUT2D eigenvalue weighted by molar-refractivity contribution is 5.98. The standard InChI is InChI=1S/C9H11N2O2/c1-6(12)7-3-4-11(2)5-8(7)9(10)13/h3-5,7,10H,1-2H3. The number of carbonyl (C=O) groups excluding carboxylic acids is 1. The van der Waals surface area contributed by atoms with E-state index in [0.717, 1.165) is 0 Å². The number of allylic oxidation sites excluding steroid dienone is 1. The van der Waals surface area contributed by atoms with Gasteiger partial charge in [-0.05, 0) is 6.92 Å². The van der Waals surface area contributed by atoms with Crippen LogP contribution in [0.15, 0.2) is 24.0 Å². The summed E-state index contributed by atoms with van der Waals surface area (Å²) in [4.78, 5) is 12.7. The number of nitrogens with zero attached hydrogens (tertiary/aromatic N) is 1. The monoisotopic (exact) mass is 179 g/mol. The van der Waals surface area contributed by atoms with Gasteiger partial charge in [-0.25, -0.2) is 0 Å². The Bertz CT molecular complexity index is 305. The number of hydrogen-bond donors (Lipinski definition) is 1. The number of hydrogen-bond acceptors (Lipinski definition) is 3. The molecule has 0 saturated carbocycles. The van der Waals surface area contributed by atoms with Gasteiger partial charge in [-0.1, -0.05) is 6.08 Å². The highest BCUT2D eigenvalue weighted by Gasteiger charge is 2.23. The van der Waals surface area contributed by atoms with Crippen molar-refractivity contribution in [2.45, 2.75) is 6.92 Å². The quantitative estimate of drug-likeness (QED) is 0.506. The van der Waals surface area contributed by atoms with Gasteiger partial charge in [0.2, 0.25) is 0 Å². The molecule has 0 aromatic heterocycles. The Morgan fingerprint density at radius 2 is 2.23 bits per heavy atom. The van der Waals surface area contributed by atoms with Crippen LogP contribution in [0.3, 0.4) is 0 Å². The second-order valence-corrected chi connectivity index (χ2v) is 3.01. The Labute approximate surface area is 76.7 Å². The fourth-order valence-electron chi connectivity index (χ4n) is 1.22. The van der Waals surface area contributed by atoms with Crippen molar-refractivity contribution < 1.29 is 9.90 Å². The lowest BCUT2D eigenvalue weighted by Gasteiger charge is -2.20. The number of nitrogens with one attached hydrogen (secondary N) is 1. The smallest absolute Gasteiger partial charge is 0.268 e. The van der Waals surface area contributed by atoms with Crippen LogP contribution < -0.4 is 0 Å².